The van der Waals surface area contributed by atoms with E-state index < -0.39 is 0 Å². The van der Waals surface area contributed by atoms with Crippen LogP contribution in [-0.2, 0) is 19.6 Å². The van der Waals surface area contributed by atoms with Crippen LogP contribution >= 0.6 is 0 Å². The molecule has 0 unspecified atom stereocenters. The Bertz CT molecular complexity index is 584. The van der Waals surface area contributed by atoms with Gasteiger partial charge in [0.2, 0.25) is 0 Å². The Kier molecular flexibility index (Phi) is 5.27. The van der Waals surface area contributed by atoms with Crippen molar-refractivity contribution < 1.29 is 13.7 Å². The van der Waals surface area contributed by atoms with Gasteiger partial charge in [0.15, 0.2) is 12.4 Å². The first kappa shape index (κ1) is 15.4. The number of aromatic nitrogens is 2. The van der Waals surface area contributed by atoms with E-state index in [0.29, 0.717) is 36.5 Å². The highest BCUT2D eigenvalue weighted by molar-refractivity contribution is 5.29. The first-order valence-corrected chi connectivity index (χ1v) is 7.04. The fraction of sp³-hybridized carbons (Fsp3) is 0.467. The molecule has 0 saturated heterocycles. The predicted molar refractivity (Wildman–Crippen MR) is 76.4 cm³/mol. The maximum Gasteiger partial charge on any atom is 0.264 e. The Balaban J connectivity index is 1.98. The predicted octanol–water partition coefficient (Wildman–Crippen LogP) is 2.85. The molecule has 0 saturated carbocycles. The summed E-state index contributed by atoms with van der Waals surface area (Å²) in [6.07, 6.45) is 0.703. The number of hydrogen-bond donors (Lipinski definition) is 1. The highest BCUT2D eigenvalue weighted by Crippen LogP contribution is 2.18. The minimum atomic E-state index is -0.326. The van der Waals surface area contributed by atoms with Gasteiger partial charge in [-0.05, 0) is 17.7 Å². The third-order valence-electron chi connectivity index (χ3n) is 2.83. The summed E-state index contributed by atoms with van der Waals surface area (Å²) in [6, 6.07) is 4.97. The van der Waals surface area contributed by atoms with Crippen LogP contribution in [0.25, 0.3) is 0 Å². The number of benzene rings is 1. The molecule has 0 atom stereocenters. The molecule has 0 fully saturated rings. The molecule has 0 aliphatic heterocycles. The third kappa shape index (κ3) is 4.82. The lowest BCUT2D eigenvalue weighted by Gasteiger charge is -2.10. The van der Waals surface area contributed by atoms with Gasteiger partial charge >= 0.3 is 0 Å². The second kappa shape index (κ2) is 7.17. The van der Waals surface area contributed by atoms with Gasteiger partial charge in [-0.3, -0.25) is 0 Å². The van der Waals surface area contributed by atoms with E-state index in [9.17, 15) is 4.39 Å². The Morgan fingerprint density at radius 3 is 2.81 bits per heavy atom. The fourth-order valence-electron chi connectivity index (χ4n) is 1.77. The molecule has 0 bridgehead atoms. The number of nitrogens with one attached hydrogen (secondary N) is 1. The molecule has 0 radical (unpaired) electrons. The van der Waals surface area contributed by atoms with Crippen molar-refractivity contribution in [3.05, 3.63) is 41.3 Å². The summed E-state index contributed by atoms with van der Waals surface area (Å²) in [5, 5.41) is 7.02. The summed E-state index contributed by atoms with van der Waals surface area (Å²) in [7, 11) is 0. The summed E-state index contributed by atoms with van der Waals surface area (Å²) in [4.78, 5) is 4.14. The molecule has 0 spiro atoms. The molecule has 114 valence electrons. The molecule has 2 aromatic rings. The Morgan fingerprint density at radius 1 is 1.33 bits per heavy atom. The molecule has 1 aromatic carbocycles. The van der Waals surface area contributed by atoms with Gasteiger partial charge in [-0.2, -0.15) is 4.98 Å². The van der Waals surface area contributed by atoms with Gasteiger partial charge < -0.3 is 14.6 Å². The molecule has 0 aliphatic rings. The van der Waals surface area contributed by atoms with E-state index in [1.54, 1.807) is 6.07 Å². The maximum atomic E-state index is 13.6. The van der Waals surface area contributed by atoms with E-state index in [2.05, 4.69) is 15.5 Å². The average molecular weight is 293 g/mol. The van der Waals surface area contributed by atoms with E-state index in [4.69, 9.17) is 9.26 Å². The molecule has 0 aliphatic carbocycles. The number of halogens is 1. The summed E-state index contributed by atoms with van der Waals surface area (Å²) < 4.78 is 24.1. The minimum absolute atomic E-state index is 0.132. The second-order valence-corrected chi connectivity index (χ2v) is 5.08. The van der Waals surface area contributed by atoms with Gasteiger partial charge in [0, 0.05) is 25.1 Å². The van der Waals surface area contributed by atoms with Crippen molar-refractivity contribution in [1.29, 1.82) is 0 Å². The van der Waals surface area contributed by atoms with Gasteiger partial charge in [-0.15, -0.1) is 0 Å². The van der Waals surface area contributed by atoms with Crippen molar-refractivity contribution in [3.63, 3.8) is 0 Å². The fourth-order valence-corrected chi connectivity index (χ4v) is 1.77. The highest BCUT2D eigenvalue weighted by atomic mass is 19.1. The minimum Gasteiger partial charge on any atom is -0.484 e. The number of hydrogen-bond acceptors (Lipinski definition) is 5. The Labute approximate surface area is 123 Å². The normalized spacial score (nSPS) is 11.1. The van der Waals surface area contributed by atoms with Crippen LogP contribution < -0.4 is 10.1 Å². The first-order chi connectivity index (χ1) is 10.1. The van der Waals surface area contributed by atoms with E-state index in [1.807, 2.05) is 20.8 Å². The van der Waals surface area contributed by atoms with Gasteiger partial charge in [0.05, 0.1) is 0 Å². The zero-order chi connectivity index (χ0) is 15.2. The lowest BCUT2D eigenvalue weighted by molar-refractivity contribution is 0.241. The van der Waals surface area contributed by atoms with E-state index in [1.165, 1.54) is 12.1 Å². The second-order valence-electron chi connectivity index (χ2n) is 5.08. The zero-order valence-corrected chi connectivity index (χ0v) is 12.5. The van der Waals surface area contributed by atoms with E-state index in [0.717, 1.165) is 5.56 Å². The van der Waals surface area contributed by atoms with Gasteiger partial charge in [-0.1, -0.05) is 25.9 Å². The Morgan fingerprint density at radius 2 is 2.14 bits per heavy atom. The third-order valence-corrected chi connectivity index (χ3v) is 2.83. The molecule has 6 heteroatoms. The van der Waals surface area contributed by atoms with Gasteiger partial charge in [-0.25, -0.2) is 4.39 Å². The van der Waals surface area contributed by atoms with Crippen LogP contribution in [0.3, 0.4) is 0 Å². The van der Waals surface area contributed by atoms with Crippen LogP contribution in [0, 0.1) is 5.82 Å². The monoisotopic (exact) mass is 293 g/mol. The lowest BCUT2D eigenvalue weighted by atomic mass is 10.2. The van der Waals surface area contributed by atoms with Crippen molar-refractivity contribution in [2.45, 2.75) is 46.4 Å². The molecule has 1 N–H and O–H groups in total. The lowest BCUT2D eigenvalue weighted by Crippen LogP contribution is -2.21. The first-order valence-electron chi connectivity index (χ1n) is 7.04. The van der Waals surface area contributed by atoms with Crippen molar-refractivity contribution in [1.82, 2.24) is 15.5 Å². The molecule has 2 rings (SSSR count). The largest absolute Gasteiger partial charge is 0.484 e. The van der Waals surface area contributed by atoms with Crippen LogP contribution in [-0.4, -0.2) is 16.2 Å². The van der Waals surface area contributed by atoms with Gasteiger partial charge in [0.25, 0.3) is 5.89 Å². The number of rotatable bonds is 7. The SMILES string of the molecule is CCc1noc(COc2cc(F)cc(CNC(C)C)c2)n1. The van der Waals surface area contributed by atoms with Crippen molar-refractivity contribution in [3.8, 4) is 5.75 Å². The van der Waals surface area contributed by atoms with E-state index >= 15 is 0 Å². The van der Waals surface area contributed by atoms with Crippen LogP contribution in [0.5, 0.6) is 5.75 Å². The van der Waals surface area contributed by atoms with Crippen molar-refractivity contribution in [2.75, 3.05) is 0 Å². The molecule has 1 heterocycles. The molecular formula is C15H20FN3O2. The summed E-state index contributed by atoms with van der Waals surface area (Å²) in [5.41, 5.74) is 0.832. The van der Waals surface area contributed by atoms with Crippen molar-refractivity contribution >= 4 is 0 Å². The summed E-state index contributed by atoms with van der Waals surface area (Å²) >= 11 is 0. The van der Waals surface area contributed by atoms with Crippen LogP contribution in [0.15, 0.2) is 22.7 Å². The average Bonchev–Trinajstić information content (AvgIpc) is 2.90. The molecular weight excluding hydrogens is 273 g/mol. The number of ether oxygens (including phenoxy) is 1. The summed E-state index contributed by atoms with van der Waals surface area (Å²) in [5.74, 6) is 1.15. The topological polar surface area (TPSA) is 60.2 Å². The van der Waals surface area contributed by atoms with Gasteiger partial charge in [0.1, 0.15) is 11.6 Å². The van der Waals surface area contributed by atoms with Crippen molar-refractivity contribution in [2.24, 2.45) is 0 Å². The van der Waals surface area contributed by atoms with Crippen LogP contribution in [0.1, 0.15) is 38.0 Å². The highest BCUT2D eigenvalue weighted by Gasteiger charge is 2.07. The number of nitrogens with zero attached hydrogens (tertiary/aromatic N) is 2. The quantitative estimate of drug-likeness (QED) is 0.850. The molecule has 5 nitrogen and oxygen atoms in total. The standard InChI is InChI=1S/C15H20FN3O2/c1-4-14-18-15(21-19-14)9-20-13-6-11(5-12(16)7-13)8-17-10(2)3/h5-7,10,17H,4,8-9H2,1-3H3. The number of aryl methyl sites for hydroxylation is 1. The molecule has 1 aromatic heterocycles. The smallest absolute Gasteiger partial charge is 0.264 e. The maximum absolute atomic E-state index is 13.6. The van der Waals surface area contributed by atoms with E-state index in [-0.39, 0.29) is 12.4 Å². The van der Waals surface area contributed by atoms with Crippen LogP contribution in [0.4, 0.5) is 4.39 Å². The Hall–Kier alpha value is -1.95. The summed E-state index contributed by atoms with van der Waals surface area (Å²) in [6.45, 7) is 6.74. The zero-order valence-electron chi connectivity index (χ0n) is 12.5. The molecule has 0 amide bonds. The molecule has 21 heavy (non-hydrogen) atoms. The van der Waals surface area contributed by atoms with Crippen LogP contribution in [0.2, 0.25) is 0 Å².